The van der Waals surface area contributed by atoms with Crippen molar-refractivity contribution in [3.8, 4) is 0 Å². The number of thiocarbonyl (C=S) groups is 1. The monoisotopic (exact) mass is 302 g/mol. The van der Waals surface area contributed by atoms with Crippen LogP contribution in [0.5, 0.6) is 0 Å². The van der Waals surface area contributed by atoms with Crippen molar-refractivity contribution in [1.29, 1.82) is 0 Å². The number of hydrogen-bond acceptors (Lipinski definition) is 5. The zero-order chi connectivity index (χ0) is 14.8. The average Bonchev–Trinajstić information content (AvgIpc) is 2.45. The minimum atomic E-state index is -0.173. The van der Waals surface area contributed by atoms with Crippen LogP contribution < -0.4 is 21.7 Å². The Hall–Kier alpha value is -0.920. The van der Waals surface area contributed by atoms with Crippen molar-refractivity contribution >= 4 is 23.3 Å². The van der Waals surface area contributed by atoms with Gasteiger partial charge in [-0.3, -0.25) is 15.6 Å². The molecule has 0 saturated carbocycles. The van der Waals surface area contributed by atoms with Crippen LogP contribution in [0.3, 0.4) is 0 Å². The molecule has 1 aliphatic heterocycles. The van der Waals surface area contributed by atoms with E-state index in [9.17, 15) is 4.79 Å². The Bertz CT molecular complexity index is 315. The molecule has 1 rings (SSSR count). The average molecular weight is 302 g/mol. The van der Waals surface area contributed by atoms with Gasteiger partial charge >= 0.3 is 5.97 Å². The molecule has 4 N–H and O–H groups in total. The van der Waals surface area contributed by atoms with Gasteiger partial charge in [-0.05, 0) is 32.0 Å². The van der Waals surface area contributed by atoms with Crippen LogP contribution in [-0.2, 0) is 9.53 Å². The number of ether oxygens (including phenoxy) is 1. The molecule has 6 nitrogen and oxygen atoms in total. The number of carbonyl (C=O) groups is 1. The van der Waals surface area contributed by atoms with Gasteiger partial charge in [-0.2, -0.15) is 0 Å². The van der Waals surface area contributed by atoms with Crippen LogP contribution in [0.25, 0.3) is 0 Å². The maximum absolute atomic E-state index is 10.9. The van der Waals surface area contributed by atoms with E-state index in [1.807, 2.05) is 0 Å². The third-order valence-electron chi connectivity index (χ3n) is 3.44. The van der Waals surface area contributed by atoms with Crippen molar-refractivity contribution in [1.82, 2.24) is 21.7 Å². The first-order valence-corrected chi connectivity index (χ1v) is 7.64. The molecule has 0 spiro atoms. The van der Waals surface area contributed by atoms with Gasteiger partial charge in [-0.1, -0.05) is 32.1 Å². The molecule has 1 saturated heterocycles. The number of nitrogens with one attached hydrogen (secondary N) is 4. The molecular weight excluding hydrogens is 276 g/mol. The summed E-state index contributed by atoms with van der Waals surface area (Å²) in [5, 5.41) is 0.563. The Kier molecular flexibility index (Phi) is 7.79. The minimum absolute atomic E-state index is 0.106. The summed E-state index contributed by atoms with van der Waals surface area (Å²) in [6.45, 7) is 2.09. The minimum Gasteiger partial charge on any atom is -0.469 e. The Labute approximate surface area is 126 Å². The predicted octanol–water partition coefficient (Wildman–Crippen LogP) is 1.48. The van der Waals surface area contributed by atoms with Crippen molar-refractivity contribution in [2.75, 3.05) is 7.11 Å². The Morgan fingerprint density at radius 1 is 1.10 bits per heavy atom. The molecule has 0 radical (unpaired) electrons. The normalized spacial score (nSPS) is 17.2. The lowest BCUT2D eigenvalue weighted by molar-refractivity contribution is -0.140. The molecule has 1 heterocycles. The van der Waals surface area contributed by atoms with Crippen LogP contribution in [0.15, 0.2) is 0 Å². The molecule has 0 aromatic rings. The summed E-state index contributed by atoms with van der Waals surface area (Å²) in [7, 11) is 1.44. The fourth-order valence-electron chi connectivity index (χ4n) is 2.13. The molecule has 0 amide bonds. The number of esters is 1. The van der Waals surface area contributed by atoms with Crippen molar-refractivity contribution in [2.24, 2.45) is 0 Å². The maximum atomic E-state index is 10.9. The second kappa shape index (κ2) is 9.10. The van der Waals surface area contributed by atoms with Crippen LogP contribution in [0.1, 0.15) is 58.3 Å². The standard InChI is InChI=1S/C13H26N4O2S/c1-13(16-14-12(20)15-17-13)10-8-6-4-3-5-7-9-11(18)19-2/h16-17H,3-10H2,1-2H3,(H2,14,15,20). The molecule has 1 fully saturated rings. The molecule has 0 aliphatic carbocycles. The second-order valence-electron chi connectivity index (χ2n) is 5.36. The molecular formula is C13H26N4O2S. The lowest BCUT2D eigenvalue weighted by atomic mass is 10.0. The van der Waals surface area contributed by atoms with Gasteiger partial charge in [0.15, 0.2) is 5.11 Å². The van der Waals surface area contributed by atoms with E-state index in [1.165, 1.54) is 26.4 Å². The third-order valence-corrected chi connectivity index (χ3v) is 3.64. The van der Waals surface area contributed by atoms with Gasteiger partial charge < -0.3 is 4.74 Å². The highest BCUT2D eigenvalue weighted by Gasteiger charge is 2.26. The quantitative estimate of drug-likeness (QED) is 0.292. The molecule has 0 aromatic carbocycles. The Morgan fingerprint density at radius 3 is 2.25 bits per heavy atom. The van der Waals surface area contributed by atoms with Gasteiger partial charge in [0.2, 0.25) is 0 Å². The van der Waals surface area contributed by atoms with E-state index in [-0.39, 0.29) is 11.6 Å². The first-order chi connectivity index (χ1) is 9.56. The first kappa shape index (κ1) is 17.1. The van der Waals surface area contributed by atoms with Crippen LogP contribution in [0.4, 0.5) is 0 Å². The number of unbranched alkanes of at least 4 members (excludes halogenated alkanes) is 5. The van der Waals surface area contributed by atoms with E-state index in [2.05, 4.69) is 33.4 Å². The Balaban J connectivity index is 1.94. The van der Waals surface area contributed by atoms with Gasteiger partial charge in [0.05, 0.1) is 7.11 Å². The van der Waals surface area contributed by atoms with Gasteiger partial charge in [-0.25, -0.2) is 10.9 Å². The lowest BCUT2D eigenvalue weighted by Gasteiger charge is -2.37. The SMILES string of the molecule is COC(=O)CCCCCCCCC1(C)NNC(=S)NN1. The molecule has 0 bridgehead atoms. The Morgan fingerprint density at radius 2 is 1.65 bits per heavy atom. The van der Waals surface area contributed by atoms with Crippen molar-refractivity contribution < 1.29 is 9.53 Å². The molecule has 7 heteroatoms. The fourth-order valence-corrected chi connectivity index (χ4v) is 2.24. The van der Waals surface area contributed by atoms with Gasteiger partial charge in [0, 0.05) is 6.42 Å². The summed E-state index contributed by atoms with van der Waals surface area (Å²) < 4.78 is 4.61. The molecule has 0 unspecified atom stereocenters. The number of hydrogen-bond donors (Lipinski definition) is 4. The van der Waals surface area contributed by atoms with E-state index in [4.69, 9.17) is 12.2 Å². The number of methoxy groups -OCH3 is 1. The van der Waals surface area contributed by atoms with Crippen LogP contribution in [0.2, 0.25) is 0 Å². The van der Waals surface area contributed by atoms with Crippen LogP contribution in [0, 0.1) is 0 Å². The summed E-state index contributed by atoms with van der Waals surface area (Å²) in [5.74, 6) is -0.106. The summed E-state index contributed by atoms with van der Waals surface area (Å²) in [6, 6.07) is 0. The van der Waals surface area contributed by atoms with Crippen molar-refractivity contribution in [3.05, 3.63) is 0 Å². The topological polar surface area (TPSA) is 74.4 Å². The zero-order valence-electron chi connectivity index (χ0n) is 12.4. The summed E-state index contributed by atoms with van der Waals surface area (Å²) in [5.41, 5.74) is 12.0. The predicted molar refractivity (Wildman–Crippen MR) is 82.5 cm³/mol. The molecule has 0 atom stereocenters. The number of rotatable bonds is 9. The van der Waals surface area contributed by atoms with Crippen molar-refractivity contribution in [3.63, 3.8) is 0 Å². The highest BCUT2D eigenvalue weighted by Crippen LogP contribution is 2.14. The van der Waals surface area contributed by atoms with Crippen LogP contribution >= 0.6 is 12.2 Å². The van der Waals surface area contributed by atoms with Crippen LogP contribution in [-0.4, -0.2) is 23.9 Å². The maximum Gasteiger partial charge on any atom is 0.305 e. The van der Waals surface area contributed by atoms with Gasteiger partial charge in [0.1, 0.15) is 5.66 Å². The van der Waals surface area contributed by atoms with Gasteiger partial charge in [0.25, 0.3) is 0 Å². The van der Waals surface area contributed by atoms with Gasteiger partial charge in [-0.15, -0.1) is 0 Å². The summed E-state index contributed by atoms with van der Waals surface area (Å²) in [6.07, 6.45) is 8.30. The summed E-state index contributed by atoms with van der Waals surface area (Å²) >= 11 is 4.95. The number of carbonyl (C=O) groups excluding carboxylic acids is 1. The fraction of sp³-hybridized carbons (Fsp3) is 0.846. The van der Waals surface area contributed by atoms with E-state index in [1.54, 1.807) is 0 Å². The number of hydrazine groups is 2. The smallest absolute Gasteiger partial charge is 0.305 e. The lowest BCUT2D eigenvalue weighted by Crippen LogP contribution is -2.72. The zero-order valence-corrected chi connectivity index (χ0v) is 13.2. The molecule has 1 aliphatic rings. The third kappa shape index (κ3) is 7.02. The highest BCUT2D eigenvalue weighted by atomic mass is 32.1. The van der Waals surface area contributed by atoms with E-state index in [0.717, 1.165) is 25.7 Å². The summed E-state index contributed by atoms with van der Waals surface area (Å²) in [4.78, 5) is 10.9. The van der Waals surface area contributed by atoms with E-state index >= 15 is 0 Å². The molecule has 116 valence electrons. The highest BCUT2D eigenvalue weighted by molar-refractivity contribution is 7.80. The van der Waals surface area contributed by atoms with Crippen molar-refractivity contribution in [2.45, 2.75) is 64.0 Å². The largest absolute Gasteiger partial charge is 0.469 e. The first-order valence-electron chi connectivity index (χ1n) is 7.23. The van der Waals surface area contributed by atoms with E-state index < -0.39 is 0 Å². The second-order valence-corrected chi connectivity index (χ2v) is 5.77. The molecule has 0 aromatic heterocycles. The van der Waals surface area contributed by atoms with E-state index in [0.29, 0.717) is 11.5 Å². The molecule has 20 heavy (non-hydrogen) atoms.